The molecular weight excluding hydrogens is 249 g/mol. The third kappa shape index (κ3) is 2.58. The van der Waals surface area contributed by atoms with E-state index in [2.05, 4.69) is 10.3 Å². The molecule has 1 aromatic heterocycles. The lowest BCUT2D eigenvalue weighted by Gasteiger charge is -2.14. The quantitative estimate of drug-likeness (QED) is 0.907. The van der Waals surface area contributed by atoms with E-state index in [0.29, 0.717) is 12.1 Å². The Kier molecular flexibility index (Phi) is 3.33. The molecule has 1 unspecified atom stereocenters. The second-order valence-corrected chi connectivity index (χ2v) is 4.43. The van der Waals surface area contributed by atoms with Gasteiger partial charge in [0.05, 0.1) is 11.6 Å². The van der Waals surface area contributed by atoms with Crippen molar-refractivity contribution in [1.82, 2.24) is 4.98 Å². The monoisotopic (exact) mass is 258 g/mol. The van der Waals surface area contributed by atoms with E-state index in [4.69, 9.17) is 0 Å². The summed E-state index contributed by atoms with van der Waals surface area (Å²) >= 11 is 1.37. The van der Waals surface area contributed by atoms with Crippen molar-refractivity contribution in [3.63, 3.8) is 0 Å². The summed E-state index contributed by atoms with van der Waals surface area (Å²) in [7, 11) is 0. The van der Waals surface area contributed by atoms with Crippen LogP contribution in [0.25, 0.3) is 0 Å². The molecule has 0 saturated carbocycles. The minimum Gasteiger partial charge on any atom is -0.373 e. The number of hydrogen-bond donors (Lipinski definition) is 1. The molecule has 1 N–H and O–H groups in total. The van der Waals surface area contributed by atoms with Crippen LogP contribution in [0.3, 0.4) is 0 Å². The Hall–Kier alpha value is -1.56. The normalized spacial score (nSPS) is 12.5. The second kappa shape index (κ2) is 4.75. The van der Waals surface area contributed by atoms with E-state index in [-0.39, 0.29) is 11.7 Å². The Morgan fingerprint density at radius 1 is 1.24 bits per heavy atom. The molecule has 1 heterocycles. The molecule has 0 saturated heterocycles. The molecule has 2 nitrogen and oxygen atoms in total. The lowest BCUT2D eigenvalue weighted by atomic mass is 10.2. The fourth-order valence-corrected chi connectivity index (χ4v) is 2.04. The Morgan fingerprint density at radius 3 is 2.41 bits per heavy atom. The number of benzene rings is 1. The molecule has 0 aliphatic heterocycles. The molecule has 0 fully saturated rings. The molecule has 0 aliphatic rings. The van der Waals surface area contributed by atoms with E-state index in [1.165, 1.54) is 11.3 Å². The van der Waals surface area contributed by atoms with Crippen molar-refractivity contribution in [3.8, 4) is 0 Å². The number of aromatic nitrogens is 1. The standard InChI is InChI=1S/C11H9F3N2S/c1-6(10-4-15-5-17-10)16-11-8(13)2-7(12)3-9(11)14/h2-6,16H,1H3. The Morgan fingerprint density at radius 2 is 1.88 bits per heavy atom. The summed E-state index contributed by atoms with van der Waals surface area (Å²) in [4.78, 5) is 4.72. The molecule has 1 atom stereocenters. The van der Waals surface area contributed by atoms with Crippen molar-refractivity contribution in [3.05, 3.63) is 46.2 Å². The van der Waals surface area contributed by atoms with Gasteiger partial charge in [-0.25, -0.2) is 13.2 Å². The van der Waals surface area contributed by atoms with Crippen LogP contribution in [0.5, 0.6) is 0 Å². The number of halogens is 3. The fraction of sp³-hybridized carbons (Fsp3) is 0.182. The zero-order valence-electron chi connectivity index (χ0n) is 8.88. The summed E-state index contributed by atoms with van der Waals surface area (Å²) < 4.78 is 39.4. The molecule has 0 bridgehead atoms. The molecule has 2 rings (SSSR count). The lowest BCUT2D eigenvalue weighted by Crippen LogP contribution is -2.08. The van der Waals surface area contributed by atoms with Crippen LogP contribution in [0.15, 0.2) is 23.8 Å². The minimum absolute atomic E-state index is 0.294. The van der Waals surface area contributed by atoms with E-state index in [9.17, 15) is 13.2 Å². The lowest BCUT2D eigenvalue weighted by molar-refractivity contribution is 0.545. The van der Waals surface area contributed by atoms with Crippen molar-refractivity contribution in [2.45, 2.75) is 13.0 Å². The van der Waals surface area contributed by atoms with Crippen LogP contribution in [0, 0.1) is 17.5 Å². The highest BCUT2D eigenvalue weighted by molar-refractivity contribution is 7.09. The van der Waals surface area contributed by atoms with Crippen LogP contribution >= 0.6 is 11.3 Å². The average molecular weight is 258 g/mol. The van der Waals surface area contributed by atoms with Crippen LogP contribution in [0.2, 0.25) is 0 Å². The Bertz CT molecular complexity index is 490. The predicted molar refractivity (Wildman–Crippen MR) is 60.5 cm³/mol. The van der Waals surface area contributed by atoms with Gasteiger partial charge >= 0.3 is 0 Å². The smallest absolute Gasteiger partial charge is 0.152 e. The van der Waals surface area contributed by atoms with Crippen LogP contribution in [0.4, 0.5) is 18.9 Å². The van der Waals surface area contributed by atoms with Crippen LogP contribution in [-0.2, 0) is 0 Å². The average Bonchev–Trinajstić information content (AvgIpc) is 2.76. The molecule has 17 heavy (non-hydrogen) atoms. The van der Waals surface area contributed by atoms with Gasteiger partial charge < -0.3 is 5.32 Å². The second-order valence-electron chi connectivity index (χ2n) is 3.51. The molecular formula is C11H9F3N2S. The van der Waals surface area contributed by atoms with Gasteiger partial charge in [-0.2, -0.15) is 0 Å². The van der Waals surface area contributed by atoms with Gasteiger partial charge in [-0.15, -0.1) is 11.3 Å². The first-order chi connectivity index (χ1) is 8.08. The highest BCUT2D eigenvalue weighted by Crippen LogP contribution is 2.26. The molecule has 2 aromatic rings. The number of nitrogens with zero attached hydrogens (tertiary/aromatic N) is 1. The van der Waals surface area contributed by atoms with Crippen molar-refractivity contribution < 1.29 is 13.2 Å². The number of anilines is 1. The molecule has 0 spiro atoms. The number of rotatable bonds is 3. The first-order valence-corrected chi connectivity index (χ1v) is 5.75. The van der Waals surface area contributed by atoms with Crippen molar-refractivity contribution in [1.29, 1.82) is 0 Å². The molecule has 0 aliphatic carbocycles. The molecule has 1 aromatic carbocycles. The van der Waals surface area contributed by atoms with E-state index in [0.717, 1.165) is 4.88 Å². The predicted octanol–water partition coefficient (Wildman–Crippen LogP) is 3.73. The number of nitrogens with one attached hydrogen (secondary N) is 1. The zero-order valence-corrected chi connectivity index (χ0v) is 9.69. The molecule has 0 amide bonds. The van der Waals surface area contributed by atoms with Crippen LogP contribution in [-0.4, -0.2) is 4.98 Å². The van der Waals surface area contributed by atoms with Crippen molar-refractivity contribution >= 4 is 17.0 Å². The SMILES string of the molecule is CC(Nc1c(F)cc(F)cc1F)c1cncs1. The molecule has 90 valence electrons. The van der Waals surface area contributed by atoms with Gasteiger partial charge in [-0.1, -0.05) is 0 Å². The van der Waals surface area contributed by atoms with Crippen molar-refractivity contribution in [2.24, 2.45) is 0 Å². The summed E-state index contributed by atoms with van der Waals surface area (Å²) in [5.74, 6) is -2.83. The highest BCUT2D eigenvalue weighted by Gasteiger charge is 2.15. The summed E-state index contributed by atoms with van der Waals surface area (Å²) in [6.07, 6.45) is 1.61. The van der Waals surface area contributed by atoms with Crippen LogP contribution in [0.1, 0.15) is 17.8 Å². The first-order valence-electron chi connectivity index (χ1n) is 4.87. The fourth-order valence-electron chi connectivity index (χ4n) is 1.41. The number of thiazole rings is 1. The molecule has 0 radical (unpaired) electrons. The topological polar surface area (TPSA) is 24.9 Å². The summed E-state index contributed by atoms with van der Waals surface area (Å²) in [5, 5.41) is 2.66. The third-order valence-electron chi connectivity index (χ3n) is 2.25. The largest absolute Gasteiger partial charge is 0.373 e. The van der Waals surface area contributed by atoms with E-state index < -0.39 is 17.5 Å². The maximum Gasteiger partial charge on any atom is 0.152 e. The van der Waals surface area contributed by atoms with Gasteiger partial charge in [0, 0.05) is 23.2 Å². The summed E-state index contributed by atoms with van der Waals surface area (Å²) in [5.41, 5.74) is 1.30. The van der Waals surface area contributed by atoms with Gasteiger partial charge in [0.2, 0.25) is 0 Å². The van der Waals surface area contributed by atoms with Gasteiger partial charge in [0.15, 0.2) is 11.6 Å². The summed E-state index contributed by atoms with van der Waals surface area (Å²) in [6.45, 7) is 1.75. The molecule has 6 heteroatoms. The van der Waals surface area contributed by atoms with E-state index in [1.807, 2.05) is 0 Å². The van der Waals surface area contributed by atoms with Gasteiger partial charge in [-0.3, -0.25) is 4.98 Å². The number of hydrogen-bond acceptors (Lipinski definition) is 3. The third-order valence-corrected chi connectivity index (χ3v) is 3.20. The minimum atomic E-state index is -0.945. The highest BCUT2D eigenvalue weighted by atomic mass is 32.1. The Balaban J connectivity index is 2.25. The maximum absolute atomic E-state index is 13.4. The van der Waals surface area contributed by atoms with Crippen molar-refractivity contribution in [2.75, 3.05) is 5.32 Å². The van der Waals surface area contributed by atoms with E-state index >= 15 is 0 Å². The van der Waals surface area contributed by atoms with E-state index in [1.54, 1.807) is 18.6 Å². The van der Waals surface area contributed by atoms with Crippen LogP contribution < -0.4 is 5.32 Å². The summed E-state index contributed by atoms with van der Waals surface area (Å²) in [6, 6.07) is 0.993. The Labute approximate surface area is 100 Å². The maximum atomic E-state index is 13.4. The van der Waals surface area contributed by atoms with Gasteiger partial charge in [-0.05, 0) is 6.92 Å². The van der Waals surface area contributed by atoms with Gasteiger partial charge in [0.25, 0.3) is 0 Å². The first kappa shape index (κ1) is 11.9. The zero-order chi connectivity index (χ0) is 12.4. The van der Waals surface area contributed by atoms with Gasteiger partial charge in [0.1, 0.15) is 11.5 Å².